The minimum absolute atomic E-state index is 0.0690. The summed E-state index contributed by atoms with van der Waals surface area (Å²) in [5, 5.41) is 0. The van der Waals surface area contributed by atoms with Gasteiger partial charge in [0.05, 0.1) is 13.2 Å². The average molecular weight is 218 g/mol. The van der Waals surface area contributed by atoms with Gasteiger partial charge >= 0.3 is 7.82 Å². The largest absolute Gasteiger partial charge is 0.472 e. The lowest BCUT2D eigenvalue weighted by molar-refractivity contribution is -0.0377. The Hall–Kier alpha value is 0.110. The molecule has 2 saturated carbocycles. The van der Waals surface area contributed by atoms with E-state index < -0.39 is 7.82 Å². The summed E-state index contributed by atoms with van der Waals surface area (Å²) in [7, 11) is -3.69. The van der Waals surface area contributed by atoms with Crippen LogP contribution < -0.4 is 0 Å². The molecule has 3 rings (SSSR count). The van der Waals surface area contributed by atoms with Crippen molar-refractivity contribution in [1.82, 2.24) is 0 Å². The molecule has 1 N–H and O–H groups in total. The highest BCUT2D eigenvalue weighted by molar-refractivity contribution is 7.47. The van der Waals surface area contributed by atoms with Crippen molar-refractivity contribution in [3.63, 3.8) is 0 Å². The predicted molar refractivity (Wildman–Crippen MR) is 49.6 cm³/mol. The Morgan fingerprint density at radius 3 is 2.50 bits per heavy atom. The van der Waals surface area contributed by atoms with Crippen molar-refractivity contribution >= 4 is 7.82 Å². The quantitative estimate of drug-likeness (QED) is 0.631. The van der Waals surface area contributed by atoms with Crippen LogP contribution in [0.4, 0.5) is 0 Å². The topological polar surface area (TPSA) is 55.8 Å². The number of phosphoric acid groups is 1. The molecule has 1 saturated heterocycles. The van der Waals surface area contributed by atoms with Crippen LogP contribution in [0.2, 0.25) is 0 Å². The second-order valence-corrected chi connectivity index (χ2v) is 6.41. The molecule has 0 aromatic heterocycles. The molecular weight excluding hydrogens is 203 g/mol. The van der Waals surface area contributed by atoms with E-state index in [1.807, 2.05) is 0 Å². The minimum atomic E-state index is -3.69. The fourth-order valence-electron chi connectivity index (χ4n) is 3.41. The maximum atomic E-state index is 11.1. The van der Waals surface area contributed by atoms with Gasteiger partial charge < -0.3 is 4.89 Å². The third-order valence-corrected chi connectivity index (χ3v) is 5.04. The molecule has 2 atom stereocenters. The molecule has 1 aliphatic heterocycles. The lowest BCUT2D eigenvalue weighted by Crippen LogP contribution is -2.40. The third kappa shape index (κ3) is 1.28. The number of phosphoric ester groups is 1. The van der Waals surface area contributed by atoms with E-state index in [4.69, 9.17) is 13.9 Å². The van der Waals surface area contributed by atoms with Crippen molar-refractivity contribution in [3.05, 3.63) is 0 Å². The molecule has 2 bridgehead atoms. The SMILES string of the molecule is O=P1(O)OCC2(CO1)CC1CCC2C1. The maximum Gasteiger partial charge on any atom is 0.472 e. The highest BCUT2D eigenvalue weighted by Crippen LogP contribution is 2.61. The van der Waals surface area contributed by atoms with Crippen molar-refractivity contribution in [2.24, 2.45) is 17.3 Å². The predicted octanol–water partition coefficient (Wildman–Crippen LogP) is 1.94. The molecule has 1 heterocycles. The van der Waals surface area contributed by atoms with Crippen molar-refractivity contribution in [2.75, 3.05) is 13.2 Å². The molecule has 4 nitrogen and oxygen atoms in total. The monoisotopic (exact) mass is 218 g/mol. The van der Waals surface area contributed by atoms with Crippen molar-refractivity contribution in [3.8, 4) is 0 Å². The van der Waals surface area contributed by atoms with E-state index in [0.717, 1.165) is 12.3 Å². The van der Waals surface area contributed by atoms with E-state index in [1.165, 1.54) is 19.3 Å². The molecule has 5 heteroatoms. The van der Waals surface area contributed by atoms with Crippen LogP contribution in [0.1, 0.15) is 25.7 Å². The van der Waals surface area contributed by atoms with Gasteiger partial charge in [-0.2, -0.15) is 0 Å². The van der Waals surface area contributed by atoms with Crippen LogP contribution in [0.25, 0.3) is 0 Å². The number of rotatable bonds is 0. The summed E-state index contributed by atoms with van der Waals surface area (Å²) in [4.78, 5) is 9.10. The van der Waals surface area contributed by atoms with Gasteiger partial charge in [0.25, 0.3) is 0 Å². The standard InChI is InChI=1S/C9H15O4P/c10-14(11)12-5-9(6-13-14)4-7-1-2-8(9)3-7/h7-8H,1-6H2,(H,10,11). The molecule has 3 fully saturated rings. The van der Waals surface area contributed by atoms with Crippen LogP contribution in [0.3, 0.4) is 0 Å². The van der Waals surface area contributed by atoms with Crippen molar-refractivity contribution in [2.45, 2.75) is 25.7 Å². The summed E-state index contributed by atoms with van der Waals surface area (Å²) >= 11 is 0. The molecular formula is C9H15O4P. The first kappa shape index (κ1) is 9.34. The maximum absolute atomic E-state index is 11.1. The smallest absolute Gasteiger partial charge is 0.302 e. The van der Waals surface area contributed by atoms with E-state index in [1.54, 1.807) is 0 Å². The van der Waals surface area contributed by atoms with Gasteiger partial charge in [0.2, 0.25) is 0 Å². The molecule has 0 amide bonds. The summed E-state index contributed by atoms with van der Waals surface area (Å²) in [5.74, 6) is 1.47. The Labute approximate surface area is 83.2 Å². The van der Waals surface area contributed by atoms with Gasteiger partial charge in [-0.25, -0.2) is 4.57 Å². The molecule has 14 heavy (non-hydrogen) atoms. The fourth-order valence-corrected chi connectivity index (χ4v) is 4.33. The van der Waals surface area contributed by atoms with Gasteiger partial charge in [-0.05, 0) is 31.1 Å². The Morgan fingerprint density at radius 1 is 1.29 bits per heavy atom. The van der Waals surface area contributed by atoms with Gasteiger partial charge in [0, 0.05) is 5.41 Å². The molecule has 2 unspecified atom stereocenters. The first-order chi connectivity index (χ1) is 6.60. The molecule has 0 aromatic rings. The summed E-state index contributed by atoms with van der Waals surface area (Å²) < 4.78 is 21.0. The minimum Gasteiger partial charge on any atom is -0.302 e. The lowest BCUT2D eigenvalue weighted by atomic mass is 9.74. The third-order valence-electron chi connectivity index (χ3n) is 4.13. The molecule has 0 radical (unpaired) electrons. The van der Waals surface area contributed by atoms with Gasteiger partial charge in [0.1, 0.15) is 0 Å². The van der Waals surface area contributed by atoms with Crippen LogP contribution in [-0.4, -0.2) is 18.1 Å². The van der Waals surface area contributed by atoms with Gasteiger partial charge in [-0.15, -0.1) is 0 Å². The molecule has 2 aliphatic carbocycles. The highest BCUT2D eigenvalue weighted by Gasteiger charge is 2.54. The van der Waals surface area contributed by atoms with E-state index >= 15 is 0 Å². The van der Waals surface area contributed by atoms with E-state index in [2.05, 4.69) is 0 Å². The first-order valence-corrected chi connectivity index (χ1v) is 6.71. The van der Waals surface area contributed by atoms with Crippen LogP contribution >= 0.6 is 7.82 Å². The fraction of sp³-hybridized carbons (Fsp3) is 1.00. The summed E-state index contributed by atoms with van der Waals surface area (Å²) in [6.45, 7) is 0.837. The second kappa shape index (κ2) is 2.82. The van der Waals surface area contributed by atoms with Gasteiger partial charge in [-0.1, -0.05) is 6.42 Å². The van der Waals surface area contributed by atoms with Gasteiger partial charge in [0.15, 0.2) is 0 Å². The number of hydrogen-bond donors (Lipinski definition) is 1. The average Bonchev–Trinajstić information content (AvgIpc) is 2.71. The lowest BCUT2D eigenvalue weighted by Gasteiger charge is -2.40. The summed E-state index contributed by atoms with van der Waals surface area (Å²) in [5.41, 5.74) is 0.0690. The molecule has 0 aromatic carbocycles. The summed E-state index contributed by atoms with van der Waals surface area (Å²) in [6.07, 6.45) is 4.95. The Morgan fingerprint density at radius 2 is 2.00 bits per heavy atom. The Kier molecular flexibility index (Phi) is 1.88. The number of hydrogen-bond acceptors (Lipinski definition) is 3. The highest BCUT2D eigenvalue weighted by atomic mass is 31.2. The zero-order chi connectivity index (χ0) is 9.81. The van der Waals surface area contributed by atoms with Crippen molar-refractivity contribution in [1.29, 1.82) is 0 Å². The Bertz CT molecular complexity index is 291. The van der Waals surface area contributed by atoms with E-state index in [9.17, 15) is 4.57 Å². The molecule has 80 valence electrons. The first-order valence-electron chi connectivity index (χ1n) is 5.22. The molecule has 1 spiro atoms. The van der Waals surface area contributed by atoms with Crippen LogP contribution in [0.15, 0.2) is 0 Å². The van der Waals surface area contributed by atoms with Crippen LogP contribution in [0.5, 0.6) is 0 Å². The Balaban J connectivity index is 1.78. The summed E-state index contributed by atoms with van der Waals surface area (Å²) in [6, 6.07) is 0. The van der Waals surface area contributed by atoms with Crippen LogP contribution in [-0.2, 0) is 13.6 Å². The second-order valence-electron chi connectivity index (χ2n) is 4.96. The van der Waals surface area contributed by atoms with E-state index in [-0.39, 0.29) is 5.41 Å². The van der Waals surface area contributed by atoms with E-state index in [0.29, 0.717) is 19.1 Å². The zero-order valence-corrected chi connectivity index (χ0v) is 8.91. The van der Waals surface area contributed by atoms with Gasteiger partial charge in [-0.3, -0.25) is 9.05 Å². The molecule has 3 aliphatic rings. The number of fused-ring (bicyclic) bond motifs is 3. The zero-order valence-electron chi connectivity index (χ0n) is 8.02. The van der Waals surface area contributed by atoms with Crippen LogP contribution in [0, 0.1) is 17.3 Å². The normalized spacial score (nSPS) is 56.9. The van der Waals surface area contributed by atoms with Crippen molar-refractivity contribution < 1.29 is 18.5 Å².